The molecule has 23 heavy (non-hydrogen) atoms. The van der Waals surface area contributed by atoms with Crippen LogP contribution in [0.4, 0.5) is 0 Å². The number of amides is 1. The van der Waals surface area contributed by atoms with Gasteiger partial charge in [-0.05, 0) is 37.2 Å². The monoisotopic (exact) mass is 313 g/mol. The highest BCUT2D eigenvalue weighted by atomic mass is 16.4. The number of nitrogens with zero attached hydrogens (tertiary/aromatic N) is 1. The molecule has 0 aromatic heterocycles. The van der Waals surface area contributed by atoms with Gasteiger partial charge in [0.05, 0.1) is 10.8 Å². The Hall–Kier alpha value is -1.84. The number of carbonyl (C=O) groups is 2. The Morgan fingerprint density at radius 1 is 1.09 bits per heavy atom. The van der Waals surface area contributed by atoms with Gasteiger partial charge in [-0.2, -0.15) is 0 Å². The number of benzene rings is 1. The summed E-state index contributed by atoms with van der Waals surface area (Å²) in [5.41, 5.74) is 0.00865. The number of fused-ring (bicyclic) bond motifs is 1. The first-order chi connectivity index (χ1) is 11.1. The molecule has 1 aliphatic heterocycles. The van der Waals surface area contributed by atoms with Crippen molar-refractivity contribution in [2.24, 2.45) is 11.3 Å². The molecule has 0 radical (unpaired) electrons. The molecule has 0 unspecified atom stereocenters. The van der Waals surface area contributed by atoms with Gasteiger partial charge in [0.15, 0.2) is 0 Å². The fourth-order valence-electron chi connectivity index (χ4n) is 5.01. The number of carboxylic acids is 1. The number of hydrogen-bond donors (Lipinski definition) is 1. The van der Waals surface area contributed by atoms with Crippen molar-refractivity contribution in [3.05, 3.63) is 35.9 Å². The average Bonchev–Trinajstić information content (AvgIpc) is 3.05. The zero-order valence-electron chi connectivity index (χ0n) is 13.3. The number of likely N-dealkylation sites (tertiary alicyclic amines) is 1. The van der Waals surface area contributed by atoms with E-state index in [4.69, 9.17) is 0 Å². The van der Waals surface area contributed by atoms with Crippen LogP contribution in [0.15, 0.2) is 30.3 Å². The van der Waals surface area contributed by atoms with E-state index in [2.05, 4.69) is 0 Å². The minimum Gasteiger partial charge on any atom is -0.481 e. The van der Waals surface area contributed by atoms with Crippen LogP contribution in [0, 0.1) is 11.3 Å². The number of carbonyl (C=O) groups excluding carboxylic acids is 1. The Balaban J connectivity index is 1.62. The number of hydrogen-bond acceptors (Lipinski definition) is 2. The molecule has 1 amide bonds. The Labute approximate surface area is 136 Å². The van der Waals surface area contributed by atoms with E-state index in [1.807, 2.05) is 35.2 Å². The predicted molar refractivity (Wildman–Crippen MR) is 86.0 cm³/mol. The van der Waals surface area contributed by atoms with E-state index in [0.717, 1.165) is 44.1 Å². The normalized spacial score (nSPS) is 31.5. The van der Waals surface area contributed by atoms with Gasteiger partial charge >= 0.3 is 5.97 Å². The maximum absolute atomic E-state index is 13.3. The Bertz CT molecular complexity index is 637. The van der Waals surface area contributed by atoms with Crippen LogP contribution >= 0.6 is 0 Å². The molecule has 1 N–H and O–H groups in total. The van der Waals surface area contributed by atoms with Crippen LogP contribution in [-0.4, -0.2) is 35.0 Å². The molecule has 2 atom stereocenters. The minimum absolute atomic E-state index is 0.136. The molecule has 2 saturated carbocycles. The largest absolute Gasteiger partial charge is 0.481 e. The van der Waals surface area contributed by atoms with Crippen molar-refractivity contribution in [2.45, 2.75) is 43.9 Å². The van der Waals surface area contributed by atoms with Crippen LogP contribution in [0.1, 0.15) is 44.1 Å². The van der Waals surface area contributed by atoms with Gasteiger partial charge < -0.3 is 10.0 Å². The fraction of sp³-hybridized carbons (Fsp3) is 0.579. The maximum Gasteiger partial charge on any atom is 0.311 e. The van der Waals surface area contributed by atoms with Crippen LogP contribution in [0.25, 0.3) is 0 Å². The molecule has 2 aliphatic carbocycles. The Morgan fingerprint density at radius 3 is 2.39 bits per heavy atom. The first kappa shape index (κ1) is 14.7. The second-order valence-electron chi connectivity index (χ2n) is 7.54. The van der Waals surface area contributed by atoms with Crippen molar-refractivity contribution >= 4 is 11.9 Å². The lowest BCUT2D eigenvalue weighted by molar-refractivity contribution is -0.150. The lowest BCUT2D eigenvalue weighted by atomic mass is 9.63. The van der Waals surface area contributed by atoms with Gasteiger partial charge in [-0.25, -0.2) is 0 Å². The summed E-state index contributed by atoms with van der Waals surface area (Å²) in [6.07, 6.45) is 5.47. The van der Waals surface area contributed by atoms with E-state index in [1.165, 1.54) is 0 Å². The van der Waals surface area contributed by atoms with E-state index in [9.17, 15) is 14.7 Å². The summed E-state index contributed by atoms with van der Waals surface area (Å²) in [6, 6.07) is 10.0. The number of carboxylic acid groups (broad SMARTS) is 1. The molecule has 0 bridgehead atoms. The molecule has 1 heterocycles. The second kappa shape index (κ2) is 5.08. The fourth-order valence-corrected chi connectivity index (χ4v) is 5.01. The summed E-state index contributed by atoms with van der Waals surface area (Å²) in [7, 11) is 0. The Kier molecular flexibility index (Phi) is 3.26. The first-order valence-corrected chi connectivity index (χ1v) is 8.67. The van der Waals surface area contributed by atoms with Crippen LogP contribution in [0.2, 0.25) is 0 Å². The molecule has 4 rings (SSSR count). The van der Waals surface area contributed by atoms with Crippen molar-refractivity contribution in [3.63, 3.8) is 0 Å². The van der Waals surface area contributed by atoms with Crippen molar-refractivity contribution in [1.82, 2.24) is 4.90 Å². The Morgan fingerprint density at radius 2 is 1.83 bits per heavy atom. The molecular weight excluding hydrogens is 290 g/mol. The third-order valence-electron chi connectivity index (χ3n) is 6.53. The molecule has 1 aromatic rings. The molecular formula is C19H23NO3. The van der Waals surface area contributed by atoms with Crippen LogP contribution in [0.5, 0.6) is 0 Å². The zero-order chi connectivity index (χ0) is 16.1. The number of aliphatic carboxylic acids is 1. The number of rotatable bonds is 3. The van der Waals surface area contributed by atoms with E-state index >= 15 is 0 Å². The lowest BCUT2D eigenvalue weighted by Crippen LogP contribution is -2.51. The molecule has 3 fully saturated rings. The summed E-state index contributed by atoms with van der Waals surface area (Å²) < 4.78 is 0. The van der Waals surface area contributed by atoms with E-state index in [0.29, 0.717) is 13.1 Å². The highest BCUT2D eigenvalue weighted by Crippen LogP contribution is 2.52. The smallest absolute Gasteiger partial charge is 0.311 e. The molecule has 1 aromatic carbocycles. The standard InChI is InChI=1S/C19H23NO3/c21-16(18(10-5-11-18)14-6-2-1-3-7-14)20-12-15-8-4-9-19(15,13-20)17(22)23/h1-3,6-7,15H,4-5,8-13H2,(H,22,23)/t15-,19+/m0/s1. The van der Waals surface area contributed by atoms with Crippen LogP contribution < -0.4 is 0 Å². The molecule has 122 valence electrons. The third-order valence-corrected chi connectivity index (χ3v) is 6.53. The van der Waals surface area contributed by atoms with Gasteiger partial charge in [0.25, 0.3) is 0 Å². The maximum atomic E-state index is 13.3. The van der Waals surface area contributed by atoms with E-state index in [1.54, 1.807) is 0 Å². The molecule has 3 aliphatic rings. The van der Waals surface area contributed by atoms with Crippen molar-refractivity contribution in [2.75, 3.05) is 13.1 Å². The van der Waals surface area contributed by atoms with Crippen LogP contribution in [-0.2, 0) is 15.0 Å². The van der Waals surface area contributed by atoms with Gasteiger partial charge in [-0.3, -0.25) is 9.59 Å². The summed E-state index contributed by atoms with van der Waals surface area (Å²) in [4.78, 5) is 27.0. The summed E-state index contributed by atoms with van der Waals surface area (Å²) in [6.45, 7) is 1.03. The quantitative estimate of drug-likeness (QED) is 0.933. The van der Waals surface area contributed by atoms with Crippen molar-refractivity contribution in [3.8, 4) is 0 Å². The minimum atomic E-state index is -0.710. The first-order valence-electron chi connectivity index (χ1n) is 8.67. The van der Waals surface area contributed by atoms with E-state index in [-0.39, 0.29) is 11.8 Å². The van der Waals surface area contributed by atoms with Gasteiger partial charge in [0, 0.05) is 13.1 Å². The molecule has 4 heteroatoms. The predicted octanol–water partition coefficient (Wildman–Crippen LogP) is 2.82. The highest BCUT2D eigenvalue weighted by Gasteiger charge is 2.58. The van der Waals surface area contributed by atoms with Crippen molar-refractivity contribution in [1.29, 1.82) is 0 Å². The zero-order valence-corrected chi connectivity index (χ0v) is 13.3. The van der Waals surface area contributed by atoms with Gasteiger partial charge in [0.2, 0.25) is 5.91 Å². The average molecular weight is 313 g/mol. The lowest BCUT2D eigenvalue weighted by Gasteiger charge is -2.43. The van der Waals surface area contributed by atoms with E-state index < -0.39 is 16.8 Å². The summed E-state index contributed by atoms with van der Waals surface area (Å²) in [5.74, 6) is -0.417. The summed E-state index contributed by atoms with van der Waals surface area (Å²) >= 11 is 0. The molecule has 1 saturated heterocycles. The summed E-state index contributed by atoms with van der Waals surface area (Å²) in [5, 5.41) is 9.73. The second-order valence-corrected chi connectivity index (χ2v) is 7.54. The molecule has 4 nitrogen and oxygen atoms in total. The third kappa shape index (κ3) is 1.97. The topological polar surface area (TPSA) is 57.6 Å². The van der Waals surface area contributed by atoms with Crippen LogP contribution in [0.3, 0.4) is 0 Å². The SMILES string of the molecule is O=C(N1C[C@@H]2CCC[C@@]2(C(=O)O)C1)C1(c2ccccc2)CCC1. The van der Waals surface area contributed by atoms with Crippen molar-refractivity contribution < 1.29 is 14.7 Å². The van der Waals surface area contributed by atoms with Gasteiger partial charge in [-0.1, -0.05) is 43.2 Å². The highest BCUT2D eigenvalue weighted by molar-refractivity contribution is 5.90. The van der Waals surface area contributed by atoms with Gasteiger partial charge in [-0.15, -0.1) is 0 Å². The van der Waals surface area contributed by atoms with Gasteiger partial charge in [0.1, 0.15) is 0 Å². The molecule has 0 spiro atoms.